The first-order valence-corrected chi connectivity index (χ1v) is 0.333. The van der Waals surface area contributed by atoms with Crippen molar-refractivity contribution >= 4 is 0 Å². The van der Waals surface area contributed by atoms with Crippen LogP contribution in [-0.4, -0.2) is 0 Å². The minimum absolute atomic E-state index is 0. The van der Waals surface area contributed by atoms with E-state index in [0.717, 1.165) is 0 Å². The molecule has 0 aromatic carbocycles. The molecule has 0 rings (SSSR count). The van der Waals surface area contributed by atoms with E-state index in [-0.39, 0.29) is 44.5 Å². The van der Waals surface area contributed by atoms with Crippen molar-refractivity contribution in [2.24, 2.45) is 0 Å². The molecule has 0 heterocycles. The fourth-order valence-corrected chi connectivity index (χ4v) is 0. The summed E-state index contributed by atoms with van der Waals surface area (Å²) in [7, 11) is 0. The molecule has 0 bridgehead atoms. The summed E-state index contributed by atoms with van der Waals surface area (Å²) < 4.78 is 0. The largest absolute Gasteiger partial charge is 2.00 e. The van der Waals surface area contributed by atoms with E-state index in [0.29, 0.717) is 0 Å². The summed E-state index contributed by atoms with van der Waals surface area (Å²) in [4.78, 5) is 0. The van der Waals surface area contributed by atoms with E-state index in [4.69, 9.17) is 10.5 Å². The summed E-state index contributed by atoms with van der Waals surface area (Å²) in [5.41, 5.74) is 0. The average molecular weight is 194 g/mol. The van der Waals surface area contributed by atoms with Crippen LogP contribution in [0.4, 0.5) is 0 Å². The van der Waals surface area contributed by atoms with Gasteiger partial charge in [-0.25, -0.2) is 0 Å². The van der Waals surface area contributed by atoms with Crippen LogP contribution in [0.1, 0.15) is 0 Å². The van der Waals surface area contributed by atoms with Crippen molar-refractivity contribution in [3.63, 3.8) is 0 Å². The summed E-state index contributed by atoms with van der Waals surface area (Å²) in [6, 6.07) is 0. The molecule has 1 radical (unpaired) electrons. The van der Waals surface area contributed by atoms with Crippen LogP contribution >= 0.6 is 0 Å². The predicted molar refractivity (Wildman–Crippen MR) is 2.46 cm³/mol. The summed E-state index contributed by atoms with van der Waals surface area (Å²) in [5.74, 6) is 0. The van der Waals surface area contributed by atoms with Gasteiger partial charge in [-0.15, -0.1) is 0 Å². The molecule has 0 saturated carbocycles. The SMILES string of the molecule is [Mn].[Ni+2].[O-2].[O-2].[O-]O[O-]. The van der Waals surface area contributed by atoms with Crippen LogP contribution < -0.4 is 10.5 Å². The van der Waals surface area contributed by atoms with E-state index in [1.807, 2.05) is 0 Å². The Labute approximate surface area is 60.5 Å². The van der Waals surface area contributed by atoms with Crippen molar-refractivity contribution in [1.29, 1.82) is 0 Å². The van der Waals surface area contributed by atoms with Gasteiger partial charge in [-0.05, 0) is 0 Å². The molecule has 7 heteroatoms. The van der Waals surface area contributed by atoms with E-state index in [9.17, 15) is 0 Å². The Kier molecular flexibility index (Phi) is 459. The molecule has 7 heavy (non-hydrogen) atoms. The Hall–Kier alpha value is 0.813. The molecule has 0 aliphatic carbocycles. The van der Waals surface area contributed by atoms with Crippen LogP contribution in [0, 0.1) is 0 Å². The van der Waals surface area contributed by atoms with Gasteiger partial charge in [0.15, 0.2) is 0 Å². The van der Waals surface area contributed by atoms with Gasteiger partial charge in [-0.2, -0.15) is 0 Å². The second-order valence-corrected chi connectivity index (χ2v) is 0.0680. The first kappa shape index (κ1) is 45.8. The van der Waals surface area contributed by atoms with Crippen molar-refractivity contribution in [1.82, 2.24) is 0 Å². The van der Waals surface area contributed by atoms with Gasteiger partial charge in [0.25, 0.3) is 0 Å². The van der Waals surface area contributed by atoms with Crippen molar-refractivity contribution < 1.29 is 60.1 Å². The summed E-state index contributed by atoms with van der Waals surface area (Å²) >= 11 is 0. The first-order valence-electron chi connectivity index (χ1n) is 0.333. The third-order valence-electron chi connectivity index (χ3n) is 0. The molecule has 51 valence electrons. The maximum atomic E-state index is 7.88. The Morgan fingerprint density at radius 1 is 1.00 bits per heavy atom. The van der Waals surface area contributed by atoms with E-state index in [1.54, 1.807) is 5.04 Å². The molecule has 0 fully saturated rings. The number of rotatable bonds is 0. The van der Waals surface area contributed by atoms with Gasteiger partial charge >= 0.3 is 16.5 Å². The van der Waals surface area contributed by atoms with Crippen molar-refractivity contribution in [2.75, 3.05) is 0 Å². The van der Waals surface area contributed by atoms with Gasteiger partial charge in [-0.1, -0.05) is 0 Å². The fraction of sp³-hybridized carbons (Fsp3) is 0. The normalized spacial score (nSPS) is 2.57. The molecule has 0 amide bonds. The minimum atomic E-state index is 0. The molecule has 0 aromatic heterocycles. The zero-order valence-electron chi connectivity index (χ0n) is 2.74. The Bertz CT molecular complexity index is 8.04. The molecule has 0 atom stereocenters. The maximum absolute atomic E-state index is 7.88. The zero-order chi connectivity index (χ0) is 2.71. The van der Waals surface area contributed by atoms with Crippen molar-refractivity contribution in [2.45, 2.75) is 0 Å². The number of hydrogen-bond acceptors (Lipinski definition) is 3. The van der Waals surface area contributed by atoms with E-state index in [1.165, 1.54) is 0 Å². The third kappa shape index (κ3) is 239. The molecular weight excluding hydrogens is 194 g/mol. The van der Waals surface area contributed by atoms with Crippen molar-refractivity contribution in [3.8, 4) is 0 Å². The average Bonchev–Trinajstić information content (AvgIpc) is 0.918. The van der Waals surface area contributed by atoms with Crippen LogP contribution in [0.5, 0.6) is 0 Å². The van der Waals surface area contributed by atoms with Crippen LogP contribution in [-0.2, 0) is 49.6 Å². The second-order valence-electron chi connectivity index (χ2n) is 0.0680. The second kappa shape index (κ2) is 70.0. The zero-order valence-corrected chi connectivity index (χ0v) is 4.90. The standard InChI is InChI=1S/Mn.Ni.H2O3.2O/c;;1-3-2;;/h;;1-2H;;/q;+2;;2*-2/p-2. The molecule has 0 saturated heterocycles. The quantitative estimate of drug-likeness (QED) is 0.237. The summed E-state index contributed by atoms with van der Waals surface area (Å²) in [6.07, 6.45) is 0. The van der Waals surface area contributed by atoms with Gasteiger partial charge in [0, 0.05) is 17.1 Å². The maximum Gasteiger partial charge on any atom is 2.00 e. The molecule has 5 nitrogen and oxygen atoms in total. The van der Waals surface area contributed by atoms with Crippen LogP contribution in [0.2, 0.25) is 0 Å². The van der Waals surface area contributed by atoms with Gasteiger partial charge in [0.1, 0.15) is 0 Å². The predicted octanol–water partition coefficient (Wildman–Crippen LogP) is -2.69. The molecule has 0 spiro atoms. The summed E-state index contributed by atoms with van der Waals surface area (Å²) in [5, 5.41) is 17.5. The summed E-state index contributed by atoms with van der Waals surface area (Å²) in [6.45, 7) is 0. The Balaban J connectivity index is -0.00000000333. The minimum Gasteiger partial charge on any atom is -2.00 e. The smallest absolute Gasteiger partial charge is 2.00 e. The Morgan fingerprint density at radius 3 is 1.00 bits per heavy atom. The van der Waals surface area contributed by atoms with Gasteiger partial charge < -0.3 is 26.5 Å². The van der Waals surface area contributed by atoms with E-state index < -0.39 is 0 Å². The topological polar surface area (TPSA) is 112 Å². The van der Waals surface area contributed by atoms with Crippen molar-refractivity contribution in [3.05, 3.63) is 0 Å². The van der Waals surface area contributed by atoms with Gasteiger partial charge in [-0.3, -0.25) is 0 Å². The molecule has 0 unspecified atom stereocenters. The Morgan fingerprint density at radius 2 is 1.00 bits per heavy atom. The van der Waals surface area contributed by atoms with Crippen LogP contribution in [0.15, 0.2) is 0 Å². The molecular formula is MnNiO5-4. The third-order valence-corrected chi connectivity index (χ3v) is 0. The van der Waals surface area contributed by atoms with E-state index >= 15 is 0 Å². The van der Waals surface area contributed by atoms with E-state index in [2.05, 4.69) is 0 Å². The molecule has 0 N–H and O–H groups in total. The first-order chi connectivity index (χ1) is 1.41. The van der Waals surface area contributed by atoms with Crippen LogP contribution in [0.25, 0.3) is 0 Å². The monoisotopic (exact) mass is 193 g/mol. The van der Waals surface area contributed by atoms with Gasteiger partial charge in [0.05, 0.1) is 0 Å². The fourth-order valence-electron chi connectivity index (χ4n) is 0. The number of hydrogen-bond donors (Lipinski definition) is 0. The molecule has 0 aliphatic rings. The van der Waals surface area contributed by atoms with Crippen LogP contribution in [0.3, 0.4) is 0 Å². The van der Waals surface area contributed by atoms with Gasteiger partial charge in [0.2, 0.25) is 0 Å². The molecule has 0 aliphatic heterocycles. The molecule has 0 aromatic rings.